The predicted octanol–water partition coefficient (Wildman–Crippen LogP) is 1.35. The van der Waals surface area contributed by atoms with Gasteiger partial charge >= 0.3 is 0 Å². The van der Waals surface area contributed by atoms with Crippen LogP contribution < -0.4 is 5.73 Å². The van der Waals surface area contributed by atoms with Crippen LogP contribution in [0.5, 0.6) is 0 Å². The zero-order chi connectivity index (χ0) is 9.84. The SMILES string of the molecule is NCC[C@H](O)c1cc(F)cc(F)c1. The van der Waals surface area contributed by atoms with Crippen LogP contribution >= 0.6 is 0 Å². The highest BCUT2D eigenvalue weighted by atomic mass is 19.1. The van der Waals surface area contributed by atoms with Crippen LogP contribution in [0.2, 0.25) is 0 Å². The normalized spacial score (nSPS) is 12.9. The van der Waals surface area contributed by atoms with Gasteiger partial charge in [-0.3, -0.25) is 0 Å². The molecule has 3 N–H and O–H groups in total. The van der Waals surface area contributed by atoms with E-state index in [9.17, 15) is 13.9 Å². The number of rotatable bonds is 3. The van der Waals surface area contributed by atoms with Crippen LogP contribution in [-0.2, 0) is 0 Å². The van der Waals surface area contributed by atoms with Crippen molar-refractivity contribution in [2.24, 2.45) is 5.73 Å². The summed E-state index contributed by atoms with van der Waals surface area (Å²) in [5, 5.41) is 9.36. The van der Waals surface area contributed by atoms with Crippen molar-refractivity contribution in [3.8, 4) is 0 Å². The number of aliphatic hydroxyl groups excluding tert-OH is 1. The summed E-state index contributed by atoms with van der Waals surface area (Å²) in [7, 11) is 0. The van der Waals surface area contributed by atoms with Crippen molar-refractivity contribution >= 4 is 0 Å². The number of hydrogen-bond acceptors (Lipinski definition) is 2. The first kappa shape index (κ1) is 10.1. The molecule has 1 aromatic rings. The molecule has 0 saturated heterocycles. The number of halogens is 2. The van der Waals surface area contributed by atoms with Gasteiger partial charge in [0.25, 0.3) is 0 Å². The second kappa shape index (κ2) is 4.30. The van der Waals surface area contributed by atoms with E-state index in [1.165, 1.54) is 0 Å². The minimum Gasteiger partial charge on any atom is -0.388 e. The lowest BCUT2D eigenvalue weighted by Gasteiger charge is -2.09. The second-order valence-electron chi connectivity index (χ2n) is 2.80. The van der Waals surface area contributed by atoms with E-state index in [0.717, 1.165) is 18.2 Å². The van der Waals surface area contributed by atoms with E-state index >= 15 is 0 Å². The molecule has 0 saturated carbocycles. The third-order valence-electron chi connectivity index (χ3n) is 1.71. The average molecular weight is 187 g/mol. The molecule has 0 unspecified atom stereocenters. The van der Waals surface area contributed by atoms with Crippen LogP contribution in [0.3, 0.4) is 0 Å². The molecule has 1 rings (SSSR count). The number of benzene rings is 1. The number of aliphatic hydroxyl groups is 1. The van der Waals surface area contributed by atoms with E-state index in [4.69, 9.17) is 5.73 Å². The molecule has 72 valence electrons. The van der Waals surface area contributed by atoms with Crippen LogP contribution in [0.4, 0.5) is 8.78 Å². The molecule has 0 fully saturated rings. The molecule has 0 bridgehead atoms. The molecule has 4 heteroatoms. The van der Waals surface area contributed by atoms with Crippen LogP contribution in [-0.4, -0.2) is 11.7 Å². The molecule has 2 nitrogen and oxygen atoms in total. The zero-order valence-corrected chi connectivity index (χ0v) is 7.00. The van der Waals surface area contributed by atoms with Gasteiger partial charge in [0, 0.05) is 6.07 Å². The van der Waals surface area contributed by atoms with Gasteiger partial charge in [0.1, 0.15) is 11.6 Å². The van der Waals surface area contributed by atoms with E-state index in [1.807, 2.05) is 0 Å². The summed E-state index contributed by atoms with van der Waals surface area (Å²) in [5.74, 6) is -1.38. The van der Waals surface area contributed by atoms with Gasteiger partial charge in [-0.05, 0) is 30.7 Å². The lowest BCUT2D eigenvalue weighted by molar-refractivity contribution is 0.169. The molecule has 0 aliphatic carbocycles. The summed E-state index contributed by atoms with van der Waals surface area (Å²) in [6.45, 7) is 0.277. The Balaban J connectivity index is 2.87. The first-order valence-corrected chi connectivity index (χ1v) is 3.97. The molecular formula is C9H11F2NO. The van der Waals surface area contributed by atoms with Gasteiger partial charge in [0.15, 0.2) is 0 Å². The predicted molar refractivity (Wildman–Crippen MR) is 45.0 cm³/mol. The monoisotopic (exact) mass is 187 g/mol. The molecule has 13 heavy (non-hydrogen) atoms. The van der Waals surface area contributed by atoms with Crippen molar-refractivity contribution < 1.29 is 13.9 Å². The Hall–Kier alpha value is -1.00. The van der Waals surface area contributed by atoms with Gasteiger partial charge in [-0.15, -0.1) is 0 Å². The summed E-state index contributed by atoms with van der Waals surface area (Å²) in [6, 6.07) is 2.96. The molecule has 0 amide bonds. The quantitative estimate of drug-likeness (QED) is 0.750. The minimum atomic E-state index is -0.893. The van der Waals surface area contributed by atoms with Crippen molar-refractivity contribution in [2.45, 2.75) is 12.5 Å². The molecule has 1 atom stereocenters. The maximum Gasteiger partial charge on any atom is 0.126 e. The first-order chi connectivity index (χ1) is 6.13. The summed E-state index contributed by atoms with van der Waals surface area (Å²) >= 11 is 0. The highest BCUT2D eigenvalue weighted by molar-refractivity contribution is 5.20. The molecule has 0 aliphatic rings. The summed E-state index contributed by atoms with van der Waals surface area (Å²) in [4.78, 5) is 0. The van der Waals surface area contributed by atoms with Crippen molar-refractivity contribution in [2.75, 3.05) is 6.54 Å². The number of nitrogens with two attached hydrogens (primary N) is 1. The van der Waals surface area contributed by atoms with E-state index in [1.54, 1.807) is 0 Å². The largest absolute Gasteiger partial charge is 0.388 e. The fourth-order valence-corrected chi connectivity index (χ4v) is 1.09. The van der Waals surface area contributed by atoms with E-state index < -0.39 is 17.7 Å². The minimum absolute atomic E-state index is 0.225. The molecule has 0 aromatic heterocycles. The van der Waals surface area contributed by atoms with Gasteiger partial charge in [-0.2, -0.15) is 0 Å². The van der Waals surface area contributed by atoms with Crippen molar-refractivity contribution in [3.05, 3.63) is 35.4 Å². The topological polar surface area (TPSA) is 46.2 Å². The van der Waals surface area contributed by atoms with Gasteiger partial charge in [-0.25, -0.2) is 8.78 Å². The third kappa shape index (κ3) is 2.75. The summed E-state index contributed by atoms with van der Waals surface area (Å²) in [6.07, 6.45) is -0.599. The molecule has 0 aliphatic heterocycles. The Bertz CT molecular complexity index is 271. The smallest absolute Gasteiger partial charge is 0.126 e. The van der Waals surface area contributed by atoms with Crippen molar-refractivity contribution in [3.63, 3.8) is 0 Å². The summed E-state index contributed by atoms with van der Waals surface area (Å²) in [5.41, 5.74) is 5.42. The third-order valence-corrected chi connectivity index (χ3v) is 1.71. The lowest BCUT2D eigenvalue weighted by Crippen LogP contribution is -2.07. The van der Waals surface area contributed by atoms with Crippen LogP contribution in [0.15, 0.2) is 18.2 Å². The van der Waals surface area contributed by atoms with E-state index in [0.29, 0.717) is 6.42 Å². The Morgan fingerprint density at radius 3 is 2.23 bits per heavy atom. The fraction of sp³-hybridized carbons (Fsp3) is 0.333. The van der Waals surface area contributed by atoms with E-state index in [-0.39, 0.29) is 12.1 Å². The first-order valence-electron chi connectivity index (χ1n) is 3.97. The van der Waals surface area contributed by atoms with Gasteiger partial charge < -0.3 is 10.8 Å². The highest BCUT2D eigenvalue weighted by Crippen LogP contribution is 2.18. The standard InChI is InChI=1S/C9H11F2NO/c10-7-3-6(4-8(11)5-7)9(13)1-2-12/h3-5,9,13H,1-2,12H2/t9-/m0/s1. The molecular weight excluding hydrogens is 176 g/mol. The Morgan fingerprint density at radius 1 is 1.23 bits per heavy atom. The van der Waals surface area contributed by atoms with Crippen molar-refractivity contribution in [1.29, 1.82) is 0 Å². The Morgan fingerprint density at radius 2 is 1.77 bits per heavy atom. The van der Waals surface area contributed by atoms with Gasteiger partial charge in [0.2, 0.25) is 0 Å². The fourth-order valence-electron chi connectivity index (χ4n) is 1.09. The Kier molecular flexibility index (Phi) is 3.33. The number of hydrogen-bond donors (Lipinski definition) is 2. The van der Waals surface area contributed by atoms with Crippen LogP contribution in [0, 0.1) is 11.6 Å². The molecule has 0 radical (unpaired) electrons. The summed E-state index contributed by atoms with van der Waals surface area (Å²) < 4.78 is 25.3. The van der Waals surface area contributed by atoms with Crippen LogP contribution in [0.25, 0.3) is 0 Å². The maximum atomic E-state index is 12.6. The Labute approximate surface area is 75.0 Å². The van der Waals surface area contributed by atoms with Crippen molar-refractivity contribution in [1.82, 2.24) is 0 Å². The van der Waals surface area contributed by atoms with E-state index in [2.05, 4.69) is 0 Å². The second-order valence-corrected chi connectivity index (χ2v) is 2.80. The van der Waals surface area contributed by atoms with Crippen LogP contribution in [0.1, 0.15) is 18.1 Å². The average Bonchev–Trinajstić information content (AvgIpc) is 2.03. The molecule has 0 heterocycles. The highest BCUT2D eigenvalue weighted by Gasteiger charge is 2.08. The lowest BCUT2D eigenvalue weighted by atomic mass is 10.1. The molecule has 0 spiro atoms. The maximum absolute atomic E-state index is 12.6. The zero-order valence-electron chi connectivity index (χ0n) is 7.00. The van der Waals surface area contributed by atoms with Gasteiger partial charge in [0.05, 0.1) is 6.10 Å². The molecule has 1 aromatic carbocycles. The van der Waals surface area contributed by atoms with Gasteiger partial charge in [-0.1, -0.05) is 0 Å².